The van der Waals surface area contributed by atoms with Gasteiger partial charge in [-0.25, -0.2) is 0 Å². The standard InChI is InChI=1S/C27H20N2O2/c30-27(22-9-5-2-6-10-22)29-18-25(21-13-15-28-16-14-21)24-17-23(11-12-26(24)29)31-19-20-7-3-1-4-8-20/h1-18H,19H2. The summed E-state index contributed by atoms with van der Waals surface area (Å²) in [5.41, 5.74) is 4.55. The van der Waals surface area contributed by atoms with E-state index in [4.69, 9.17) is 4.74 Å². The lowest BCUT2D eigenvalue weighted by Crippen LogP contribution is -2.10. The third kappa shape index (κ3) is 3.83. The molecule has 0 bridgehead atoms. The number of nitrogens with zero attached hydrogens (tertiary/aromatic N) is 2. The van der Waals surface area contributed by atoms with Gasteiger partial charge in [-0.2, -0.15) is 0 Å². The van der Waals surface area contributed by atoms with E-state index in [2.05, 4.69) is 4.98 Å². The number of aromatic nitrogens is 2. The third-order valence-corrected chi connectivity index (χ3v) is 5.26. The largest absolute Gasteiger partial charge is 0.489 e. The number of hydrogen-bond donors (Lipinski definition) is 0. The second-order valence-electron chi connectivity index (χ2n) is 7.27. The average Bonchev–Trinajstić information content (AvgIpc) is 3.23. The first-order valence-corrected chi connectivity index (χ1v) is 10.1. The van der Waals surface area contributed by atoms with Gasteiger partial charge in [-0.3, -0.25) is 14.3 Å². The topological polar surface area (TPSA) is 44.1 Å². The van der Waals surface area contributed by atoms with Gasteiger partial charge in [-0.1, -0.05) is 48.5 Å². The third-order valence-electron chi connectivity index (χ3n) is 5.26. The second-order valence-corrected chi connectivity index (χ2v) is 7.27. The van der Waals surface area contributed by atoms with Crippen molar-refractivity contribution in [1.82, 2.24) is 9.55 Å². The fourth-order valence-electron chi connectivity index (χ4n) is 3.69. The van der Waals surface area contributed by atoms with Crippen LogP contribution in [0.5, 0.6) is 5.75 Å². The molecule has 0 spiro atoms. The molecule has 0 aliphatic carbocycles. The van der Waals surface area contributed by atoms with Gasteiger partial charge in [0, 0.05) is 35.1 Å². The summed E-state index contributed by atoms with van der Waals surface area (Å²) in [5.74, 6) is 0.695. The lowest BCUT2D eigenvalue weighted by atomic mass is 10.1. The number of carbonyl (C=O) groups is 1. The van der Waals surface area contributed by atoms with Crippen molar-refractivity contribution in [2.24, 2.45) is 0 Å². The molecule has 3 aromatic carbocycles. The van der Waals surface area contributed by atoms with Crippen LogP contribution in [-0.2, 0) is 6.61 Å². The molecule has 2 aromatic heterocycles. The molecule has 0 fully saturated rings. The van der Waals surface area contributed by atoms with Crippen LogP contribution in [0.3, 0.4) is 0 Å². The summed E-state index contributed by atoms with van der Waals surface area (Å²) in [6.07, 6.45) is 5.41. The molecular formula is C27H20N2O2. The summed E-state index contributed by atoms with van der Waals surface area (Å²) in [5, 5.41) is 0.959. The van der Waals surface area contributed by atoms with Gasteiger partial charge in [0.25, 0.3) is 5.91 Å². The van der Waals surface area contributed by atoms with E-state index in [9.17, 15) is 4.79 Å². The SMILES string of the molecule is O=C(c1ccccc1)n1cc(-c2ccncc2)c2cc(OCc3ccccc3)ccc21. The average molecular weight is 404 g/mol. The fourth-order valence-corrected chi connectivity index (χ4v) is 3.69. The molecule has 0 saturated carbocycles. The number of pyridine rings is 1. The van der Waals surface area contributed by atoms with E-state index in [1.54, 1.807) is 17.0 Å². The van der Waals surface area contributed by atoms with Gasteiger partial charge in [-0.15, -0.1) is 0 Å². The van der Waals surface area contributed by atoms with Crippen LogP contribution in [0.2, 0.25) is 0 Å². The van der Waals surface area contributed by atoms with E-state index in [-0.39, 0.29) is 5.91 Å². The Kier molecular flexibility index (Phi) is 5.03. The molecule has 0 aliphatic heterocycles. The number of ether oxygens (including phenoxy) is 1. The number of carbonyl (C=O) groups excluding carboxylic acids is 1. The van der Waals surface area contributed by atoms with Gasteiger partial charge in [0.1, 0.15) is 12.4 Å². The summed E-state index contributed by atoms with van der Waals surface area (Å²) in [4.78, 5) is 17.3. The summed E-state index contributed by atoms with van der Waals surface area (Å²) < 4.78 is 7.75. The summed E-state index contributed by atoms with van der Waals surface area (Å²) in [7, 11) is 0. The van der Waals surface area contributed by atoms with Crippen molar-refractivity contribution >= 4 is 16.8 Å². The quantitative estimate of drug-likeness (QED) is 0.362. The second kappa shape index (κ2) is 8.28. The predicted octanol–water partition coefficient (Wildman–Crippen LogP) is 5.97. The van der Waals surface area contributed by atoms with E-state index >= 15 is 0 Å². The van der Waals surface area contributed by atoms with Crippen LogP contribution in [0.4, 0.5) is 0 Å². The molecule has 4 heteroatoms. The van der Waals surface area contributed by atoms with Gasteiger partial charge in [0.15, 0.2) is 0 Å². The van der Waals surface area contributed by atoms with Crippen molar-refractivity contribution in [3.8, 4) is 16.9 Å². The van der Waals surface area contributed by atoms with Crippen LogP contribution in [0.25, 0.3) is 22.0 Å². The molecule has 0 saturated heterocycles. The highest BCUT2D eigenvalue weighted by Crippen LogP contribution is 2.33. The first-order chi connectivity index (χ1) is 15.3. The maximum atomic E-state index is 13.2. The first kappa shape index (κ1) is 18.8. The van der Waals surface area contributed by atoms with E-state index in [1.807, 2.05) is 97.2 Å². The zero-order chi connectivity index (χ0) is 21.0. The van der Waals surface area contributed by atoms with Crippen LogP contribution in [-0.4, -0.2) is 15.5 Å². The number of fused-ring (bicyclic) bond motifs is 1. The van der Waals surface area contributed by atoms with Crippen molar-refractivity contribution in [3.05, 3.63) is 121 Å². The summed E-state index contributed by atoms with van der Waals surface area (Å²) >= 11 is 0. The Morgan fingerprint density at radius 1 is 0.839 bits per heavy atom. The molecule has 0 radical (unpaired) electrons. The molecule has 5 aromatic rings. The minimum Gasteiger partial charge on any atom is -0.489 e. The van der Waals surface area contributed by atoms with Crippen LogP contribution in [0, 0.1) is 0 Å². The number of benzene rings is 3. The van der Waals surface area contributed by atoms with E-state index in [0.717, 1.165) is 33.3 Å². The van der Waals surface area contributed by atoms with Crippen LogP contribution in [0.15, 0.2) is 110 Å². The predicted molar refractivity (Wildman–Crippen MR) is 122 cm³/mol. The Morgan fingerprint density at radius 3 is 2.29 bits per heavy atom. The molecule has 0 atom stereocenters. The zero-order valence-corrected chi connectivity index (χ0v) is 16.8. The van der Waals surface area contributed by atoms with Crippen molar-refractivity contribution < 1.29 is 9.53 Å². The van der Waals surface area contributed by atoms with E-state index < -0.39 is 0 Å². The van der Waals surface area contributed by atoms with E-state index in [1.165, 1.54) is 0 Å². The highest BCUT2D eigenvalue weighted by atomic mass is 16.5. The van der Waals surface area contributed by atoms with Gasteiger partial charge >= 0.3 is 0 Å². The van der Waals surface area contributed by atoms with Crippen molar-refractivity contribution in [2.45, 2.75) is 6.61 Å². The minimum absolute atomic E-state index is 0.0659. The van der Waals surface area contributed by atoms with Crippen molar-refractivity contribution in [2.75, 3.05) is 0 Å². The Bertz CT molecular complexity index is 1330. The molecule has 31 heavy (non-hydrogen) atoms. The molecule has 5 rings (SSSR count). The maximum absolute atomic E-state index is 13.2. The van der Waals surface area contributed by atoms with Crippen LogP contribution < -0.4 is 4.74 Å². The number of rotatable bonds is 5. The zero-order valence-electron chi connectivity index (χ0n) is 16.8. The first-order valence-electron chi connectivity index (χ1n) is 10.1. The van der Waals surface area contributed by atoms with Crippen molar-refractivity contribution in [1.29, 1.82) is 0 Å². The highest BCUT2D eigenvalue weighted by molar-refractivity contribution is 6.07. The molecule has 4 nitrogen and oxygen atoms in total. The Hall–Kier alpha value is -4.18. The Labute approximate surface area is 180 Å². The minimum atomic E-state index is -0.0659. The molecule has 150 valence electrons. The van der Waals surface area contributed by atoms with Crippen LogP contribution in [0.1, 0.15) is 15.9 Å². The molecule has 2 heterocycles. The molecular weight excluding hydrogens is 384 g/mol. The van der Waals surface area contributed by atoms with E-state index in [0.29, 0.717) is 12.2 Å². The van der Waals surface area contributed by atoms with Crippen LogP contribution >= 0.6 is 0 Å². The van der Waals surface area contributed by atoms with Gasteiger partial charge in [0.2, 0.25) is 0 Å². The van der Waals surface area contributed by atoms with Gasteiger partial charge in [-0.05, 0) is 53.6 Å². The maximum Gasteiger partial charge on any atom is 0.262 e. The highest BCUT2D eigenvalue weighted by Gasteiger charge is 2.17. The van der Waals surface area contributed by atoms with Gasteiger partial charge in [0.05, 0.1) is 5.52 Å². The Balaban J connectivity index is 1.58. The lowest BCUT2D eigenvalue weighted by molar-refractivity contribution is 0.0965. The molecule has 0 unspecified atom stereocenters. The Morgan fingerprint density at radius 2 is 1.55 bits per heavy atom. The monoisotopic (exact) mass is 404 g/mol. The number of hydrogen-bond acceptors (Lipinski definition) is 3. The lowest BCUT2D eigenvalue weighted by Gasteiger charge is -2.08. The summed E-state index contributed by atoms with van der Waals surface area (Å²) in [6.45, 7) is 0.487. The normalized spacial score (nSPS) is 10.8. The fraction of sp³-hybridized carbons (Fsp3) is 0.0370. The molecule has 0 N–H and O–H groups in total. The molecule has 0 amide bonds. The summed E-state index contributed by atoms with van der Waals surface area (Å²) in [6, 6.07) is 29.1. The van der Waals surface area contributed by atoms with Crippen molar-refractivity contribution in [3.63, 3.8) is 0 Å². The molecule has 0 aliphatic rings. The van der Waals surface area contributed by atoms with Gasteiger partial charge < -0.3 is 4.74 Å². The smallest absolute Gasteiger partial charge is 0.262 e.